The van der Waals surface area contributed by atoms with Crippen LogP contribution in [0.2, 0.25) is 0 Å². The van der Waals surface area contributed by atoms with Crippen LogP contribution in [0.15, 0.2) is 47.4 Å². The van der Waals surface area contributed by atoms with Crippen LogP contribution >= 0.6 is 0 Å². The SMILES string of the molecule is CCCOc1ccc(F)c2c(=O)c(-c3ccc(OC)cc3)cn(C(C)S(=O)(=O)CC)c12. The van der Waals surface area contributed by atoms with Crippen LogP contribution in [-0.4, -0.2) is 32.5 Å². The lowest BCUT2D eigenvalue weighted by Crippen LogP contribution is -2.23. The zero-order valence-electron chi connectivity index (χ0n) is 18.0. The summed E-state index contributed by atoms with van der Waals surface area (Å²) in [6.45, 7) is 5.35. The van der Waals surface area contributed by atoms with Crippen molar-refractivity contribution in [1.82, 2.24) is 4.57 Å². The Labute approximate surface area is 181 Å². The topological polar surface area (TPSA) is 74.6 Å². The third-order valence-electron chi connectivity index (χ3n) is 5.26. The van der Waals surface area contributed by atoms with Crippen molar-refractivity contribution < 1.29 is 22.3 Å². The maximum Gasteiger partial charge on any atom is 0.200 e. The molecular weight excluding hydrogens is 421 g/mol. The zero-order chi connectivity index (χ0) is 22.8. The maximum atomic E-state index is 14.9. The van der Waals surface area contributed by atoms with Crippen molar-refractivity contribution in [2.45, 2.75) is 32.6 Å². The fraction of sp³-hybridized carbons (Fsp3) is 0.348. The number of rotatable bonds is 8. The normalized spacial score (nSPS) is 12.7. The number of sulfone groups is 1. The smallest absolute Gasteiger partial charge is 0.200 e. The number of fused-ring (bicyclic) bond motifs is 1. The molecule has 3 aromatic rings. The first-order valence-corrected chi connectivity index (χ1v) is 11.8. The summed E-state index contributed by atoms with van der Waals surface area (Å²) in [6.07, 6.45) is 2.18. The largest absolute Gasteiger partial charge is 0.497 e. The van der Waals surface area contributed by atoms with E-state index in [1.807, 2.05) is 6.92 Å². The third kappa shape index (κ3) is 4.30. The number of ether oxygens (including phenoxy) is 2. The molecule has 0 radical (unpaired) electrons. The highest BCUT2D eigenvalue weighted by Crippen LogP contribution is 2.33. The van der Waals surface area contributed by atoms with Gasteiger partial charge in [-0.3, -0.25) is 4.79 Å². The molecule has 0 aliphatic rings. The van der Waals surface area contributed by atoms with E-state index in [1.165, 1.54) is 36.9 Å². The van der Waals surface area contributed by atoms with E-state index in [2.05, 4.69) is 0 Å². The highest BCUT2D eigenvalue weighted by atomic mass is 32.2. The summed E-state index contributed by atoms with van der Waals surface area (Å²) in [5.74, 6) is 0.0530. The Morgan fingerprint density at radius 3 is 2.35 bits per heavy atom. The minimum Gasteiger partial charge on any atom is -0.497 e. The Hall–Kier alpha value is -2.87. The van der Waals surface area contributed by atoms with Crippen molar-refractivity contribution in [3.05, 3.63) is 58.6 Å². The fourth-order valence-corrected chi connectivity index (χ4v) is 4.42. The second-order valence-corrected chi connectivity index (χ2v) is 9.76. The van der Waals surface area contributed by atoms with Gasteiger partial charge in [0.2, 0.25) is 0 Å². The van der Waals surface area contributed by atoms with E-state index in [0.29, 0.717) is 24.3 Å². The molecule has 0 aliphatic heterocycles. The highest BCUT2D eigenvalue weighted by Gasteiger charge is 2.26. The number of hydrogen-bond acceptors (Lipinski definition) is 5. The molecule has 0 spiro atoms. The molecule has 6 nitrogen and oxygen atoms in total. The molecule has 0 amide bonds. The average molecular weight is 448 g/mol. The minimum atomic E-state index is -3.55. The quantitative estimate of drug-likeness (QED) is 0.506. The molecule has 1 unspecified atom stereocenters. The molecule has 0 saturated carbocycles. The van der Waals surface area contributed by atoms with Crippen molar-refractivity contribution in [2.24, 2.45) is 0 Å². The zero-order valence-corrected chi connectivity index (χ0v) is 18.8. The maximum absolute atomic E-state index is 14.9. The summed E-state index contributed by atoms with van der Waals surface area (Å²) in [6, 6.07) is 9.34. The lowest BCUT2D eigenvalue weighted by atomic mass is 10.0. The van der Waals surface area contributed by atoms with Crippen LogP contribution in [0.1, 0.15) is 32.6 Å². The molecule has 166 valence electrons. The van der Waals surface area contributed by atoms with Crippen LogP contribution in [0, 0.1) is 5.82 Å². The van der Waals surface area contributed by atoms with Crippen molar-refractivity contribution in [2.75, 3.05) is 19.5 Å². The van der Waals surface area contributed by atoms with Crippen LogP contribution in [0.4, 0.5) is 4.39 Å². The molecule has 3 rings (SSSR count). The van der Waals surface area contributed by atoms with E-state index in [-0.39, 0.29) is 28.0 Å². The number of benzene rings is 2. The predicted octanol–water partition coefficient (Wildman–Crippen LogP) is 4.56. The van der Waals surface area contributed by atoms with Gasteiger partial charge in [-0.25, -0.2) is 12.8 Å². The second-order valence-electron chi connectivity index (χ2n) is 7.18. The molecule has 0 bridgehead atoms. The van der Waals surface area contributed by atoms with Gasteiger partial charge in [0, 0.05) is 17.5 Å². The molecule has 31 heavy (non-hydrogen) atoms. The highest BCUT2D eigenvalue weighted by molar-refractivity contribution is 7.91. The van der Waals surface area contributed by atoms with E-state index >= 15 is 0 Å². The van der Waals surface area contributed by atoms with E-state index in [1.54, 1.807) is 31.2 Å². The fourth-order valence-electron chi connectivity index (χ4n) is 3.42. The third-order valence-corrected chi connectivity index (χ3v) is 7.34. The summed E-state index contributed by atoms with van der Waals surface area (Å²) < 4.78 is 52.7. The molecule has 0 fully saturated rings. The Kier molecular flexibility index (Phi) is 6.69. The lowest BCUT2D eigenvalue weighted by Gasteiger charge is -2.22. The molecule has 0 N–H and O–H groups in total. The van der Waals surface area contributed by atoms with Gasteiger partial charge in [0.1, 0.15) is 22.7 Å². The summed E-state index contributed by atoms with van der Waals surface area (Å²) in [5, 5.41) is -1.22. The lowest BCUT2D eigenvalue weighted by molar-refractivity contribution is 0.319. The number of methoxy groups -OCH3 is 1. The van der Waals surface area contributed by atoms with Gasteiger partial charge in [-0.05, 0) is 43.2 Å². The number of nitrogens with zero attached hydrogens (tertiary/aromatic N) is 1. The van der Waals surface area contributed by atoms with Crippen LogP contribution in [0.3, 0.4) is 0 Å². The van der Waals surface area contributed by atoms with Gasteiger partial charge in [-0.2, -0.15) is 0 Å². The number of aromatic nitrogens is 1. The monoisotopic (exact) mass is 447 g/mol. The van der Waals surface area contributed by atoms with Crippen LogP contribution in [-0.2, 0) is 9.84 Å². The van der Waals surface area contributed by atoms with Gasteiger partial charge >= 0.3 is 0 Å². The number of hydrogen-bond donors (Lipinski definition) is 0. The summed E-state index contributed by atoms with van der Waals surface area (Å²) in [4.78, 5) is 13.3. The predicted molar refractivity (Wildman–Crippen MR) is 120 cm³/mol. The first kappa shape index (κ1) is 22.8. The van der Waals surface area contributed by atoms with Crippen molar-refractivity contribution in [3.63, 3.8) is 0 Å². The molecule has 2 aromatic carbocycles. The van der Waals surface area contributed by atoms with Gasteiger partial charge in [-0.1, -0.05) is 26.0 Å². The van der Waals surface area contributed by atoms with E-state index < -0.39 is 26.5 Å². The van der Waals surface area contributed by atoms with E-state index in [4.69, 9.17) is 9.47 Å². The van der Waals surface area contributed by atoms with Gasteiger partial charge in [0.25, 0.3) is 0 Å². The summed E-state index contributed by atoms with van der Waals surface area (Å²) >= 11 is 0. The summed E-state index contributed by atoms with van der Waals surface area (Å²) in [5.41, 5.74) is 0.332. The van der Waals surface area contributed by atoms with Gasteiger partial charge in [0.15, 0.2) is 15.3 Å². The molecule has 8 heteroatoms. The van der Waals surface area contributed by atoms with Gasteiger partial charge < -0.3 is 14.0 Å². The van der Waals surface area contributed by atoms with Crippen molar-refractivity contribution in [1.29, 1.82) is 0 Å². The van der Waals surface area contributed by atoms with Crippen LogP contribution in [0.25, 0.3) is 22.0 Å². The molecule has 0 saturated heterocycles. The Bertz CT molecular complexity index is 1250. The standard InChI is InChI=1S/C23H26FNO5S/c1-5-13-30-20-12-11-19(24)21-22(20)25(15(3)31(27,28)6-2)14-18(23(21)26)16-7-9-17(29-4)10-8-16/h7-12,14-15H,5-6,13H2,1-4H3. The van der Waals surface area contributed by atoms with Crippen molar-refractivity contribution >= 4 is 20.7 Å². The summed E-state index contributed by atoms with van der Waals surface area (Å²) in [7, 11) is -2.02. The molecule has 1 heterocycles. The van der Waals surface area contributed by atoms with Crippen molar-refractivity contribution in [3.8, 4) is 22.6 Å². The molecule has 1 aromatic heterocycles. The minimum absolute atomic E-state index is 0.0971. The second kappa shape index (κ2) is 9.09. The van der Waals surface area contributed by atoms with Gasteiger partial charge in [0.05, 0.1) is 24.6 Å². The van der Waals surface area contributed by atoms with E-state index in [0.717, 1.165) is 0 Å². The Balaban J connectivity index is 2.41. The Morgan fingerprint density at radius 1 is 1.10 bits per heavy atom. The number of halogens is 1. The molecular formula is C23H26FNO5S. The first-order chi connectivity index (χ1) is 14.7. The van der Waals surface area contributed by atoms with Crippen LogP contribution < -0.4 is 14.9 Å². The van der Waals surface area contributed by atoms with E-state index in [9.17, 15) is 17.6 Å². The van der Waals surface area contributed by atoms with Gasteiger partial charge in [-0.15, -0.1) is 0 Å². The average Bonchev–Trinajstić information content (AvgIpc) is 2.78. The molecule has 1 atom stereocenters. The van der Waals surface area contributed by atoms with Crippen LogP contribution in [0.5, 0.6) is 11.5 Å². The Morgan fingerprint density at radius 2 is 1.77 bits per heavy atom. The first-order valence-electron chi connectivity index (χ1n) is 10.1. The molecule has 0 aliphatic carbocycles. The number of pyridine rings is 1.